The second-order valence-corrected chi connectivity index (χ2v) is 7.35. The van der Waals surface area contributed by atoms with Crippen molar-refractivity contribution in [2.75, 3.05) is 13.1 Å². The van der Waals surface area contributed by atoms with E-state index < -0.39 is 0 Å². The maximum atomic E-state index is 12.3. The van der Waals surface area contributed by atoms with Crippen LogP contribution in [0.2, 0.25) is 0 Å². The van der Waals surface area contributed by atoms with E-state index in [1.807, 2.05) is 30.5 Å². The molecule has 0 fully saturated rings. The highest BCUT2D eigenvalue weighted by Gasteiger charge is 2.20. The van der Waals surface area contributed by atoms with Crippen LogP contribution in [0.25, 0.3) is 10.8 Å². The van der Waals surface area contributed by atoms with E-state index in [9.17, 15) is 4.79 Å². The number of carbonyl (C=O) groups is 1. The Bertz CT molecular complexity index is 926. The number of thiazole rings is 1. The summed E-state index contributed by atoms with van der Waals surface area (Å²) in [6.45, 7) is 3.43. The van der Waals surface area contributed by atoms with Gasteiger partial charge < -0.3 is 15.1 Å². The van der Waals surface area contributed by atoms with E-state index in [4.69, 9.17) is 4.42 Å². The molecule has 4 rings (SSSR count). The Balaban J connectivity index is 0.00000140. The summed E-state index contributed by atoms with van der Waals surface area (Å²) >= 11 is 1.50. The number of hydrogen-bond acceptors (Lipinski definition) is 5. The lowest BCUT2D eigenvalue weighted by atomic mass is 9.94. The van der Waals surface area contributed by atoms with Crippen LogP contribution >= 0.6 is 36.2 Å². The highest BCUT2D eigenvalue weighted by molar-refractivity contribution is 7.13. The Morgan fingerprint density at radius 3 is 2.89 bits per heavy atom. The van der Waals surface area contributed by atoms with Crippen molar-refractivity contribution in [2.45, 2.75) is 25.8 Å². The molecule has 28 heavy (non-hydrogen) atoms. The van der Waals surface area contributed by atoms with Gasteiger partial charge in [0.2, 0.25) is 5.91 Å². The molecule has 2 aromatic heterocycles. The van der Waals surface area contributed by atoms with Gasteiger partial charge in [-0.25, -0.2) is 4.98 Å². The van der Waals surface area contributed by atoms with Gasteiger partial charge in [-0.1, -0.05) is 24.3 Å². The average Bonchev–Trinajstić information content (AvgIpc) is 3.29. The van der Waals surface area contributed by atoms with Gasteiger partial charge in [-0.3, -0.25) is 4.79 Å². The second kappa shape index (κ2) is 10.1. The monoisotopic (exact) mass is 439 g/mol. The van der Waals surface area contributed by atoms with Gasteiger partial charge in [-0.15, -0.1) is 36.2 Å². The summed E-state index contributed by atoms with van der Waals surface area (Å²) in [6.07, 6.45) is 1.32. The third-order valence-electron chi connectivity index (χ3n) is 4.56. The standard InChI is InChI=1S/C20H21N3O2S.2ClH/c1-13-6-7-18(25-13)20-23-15(12-26-20)10-19(24)22-11-17-16-5-3-2-4-14(16)8-9-21-17;;/h2-7,12,17,21H,8-11H2,1H3,(H,22,24);2*1H. The van der Waals surface area contributed by atoms with Crippen molar-refractivity contribution in [1.29, 1.82) is 0 Å². The fourth-order valence-corrected chi connectivity index (χ4v) is 4.05. The smallest absolute Gasteiger partial charge is 0.226 e. The number of halogens is 2. The zero-order chi connectivity index (χ0) is 17.9. The lowest BCUT2D eigenvalue weighted by Crippen LogP contribution is -2.39. The molecule has 1 aliphatic heterocycles. The SMILES string of the molecule is Cc1ccc(-c2nc(CC(=O)NCC3NCCc4ccccc43)cs2)o1.Cl.Cl. The van der Waals surface area contributed by atoms with Gasteiger partial charge in [0.05, 0.1) is 12.1 Å². The van der Waals surface area contributed by atoms with Crippen molar-refractivity contribution in [3.05, 3.63) is 64.4 Å². The lowest BCUT2D eigenvalue weighted by molar-refractivity contribution is -0.120. The van der Waals surface area contributed by atoms with Crippen LogP contribution in [-0.2, 0) is 17.6 Å². The highest BCUT2D eigenvalue weighted by Crippen LogP contribution is 2.26. The van der Waals surface area contributed by atoms with E-state index in [0.717, 1.165) is 35.2 Å². The number of amides is 1. The van der Waals surface area contributed by atoms with Gasteiger partial charge in [-0.05, 0) is 43.1 Å². The van der Waals surface area contributed by atoms with Crippen LogP contribution in [0.3, 0.4) is 0 Å². The number of benzene rings is 1. The molecule has 0 saturated carbocycles. The van der Waals surface area contributed by atoms with Crippen molar-refractivity contribution >= 4 is 42.1 Å². The fraction of sp³-hybridized carbons (Fsp3) is 0.300. The van der Waals surface area contributed by atoms with E-state index in [2.05, 4.69) is 33.8 Å². The summed E-state index contributed by atoms with van der Waals surface area (Å²) in [5.41, 5.74) is 3.42. The van der Waals surface area contributed by atoms with Gasteiger partial charge in [-0.2, -0.15) is 0 Å². The Labute approximate surface area is 180 Å². The Kier molecular flexibility index (Phi) is 8.07. The minimum absolute atomic E-state index is 0. The number of hydrogen-bond donors (Lipinski definition) is 2. The molecule has 3 aromatic rings. The molecule has 1 amide bonds. The zero-order valence-electron chi connectivity index (χ0n) is 15.4. The van der Waals surface area contributed by atoms with Crippen LogP contribution < -0.4 is 10.6 Å². The Morgan fingerprint density at radius 1 is 1.29 bits per heavy atom. The predicted octanol–water partition coefficient (Wildman–Crippen LogP) is 4.10. The van der Waals surface area contributed by atoms with E-state index >= 15 is 0 Å². The van der Waals surface area contributed by atoms with E-state index in [1.165, 1.54) is 22.5 Å². The molecule has 0 spiro atoms. The molecule has 1 atom stereocenters. The van der Waals surface area contributed by atoms with Gasteiger partial charge in [0, 0.05) is 18.0 Å². The van der Waals surface area contributed by atoms with Crippen LogP contribution in [-0.4, -0.2) is 24.0 Å². The largest absolute Gasteiger partial charge is 0.459 e. The minimum atomic E-state index is -0.0117. The van der Waals surface area contributed by atoms with Crippen molar-refractivity contribution in [2.24, 2.45) is 0 Å². The van der Waals surface area contributed by atoms with Crippen molar-refractivity contribution in [3.8, 4) is 10.8 Å². The molecule has 0 bridgehead atoms. The van der Waals surface area contributed by atoms with Crippen LogP contribution in [0.5, 0.6) is 0 Å². The molecule has 150 valence electrons. The third kappa shape index (κ3) is 5.14. The summed E-state index contributed by atoms with van der Waals surface area (Å²) in [5.74, 6) is 1.60. The van der Waals surface area contributed by atoms with Crippen molar-refractivity contribution in [1.82, 2.24) is 15.6 Å². The molecule has 3 heterocycles. The van der Waals surface area contributed by atoms with Crippen molar-refractivity contribution in [3.63, 3.8) is 0 Å². The number of nitrogens with zero attached hydrogens (tertiary/aromatic N) is 1. The quantitative estimate of drug-likeness (QED) is 0.627. The second-order valence-electron chi connectivity index (χ2n) is 6.49. The Morgan fingerprint density at radius 2 is 2.11 bits per heavy atom. The normalized spacial score (nSPS) is 15.1. The number of furan rings is 1. The van der Waals surface area contributed by atoms with Crippen LogP contribution in [0, 0.1) is 6.92 Å². The number of aromatic nitrogens is 1. The van der Waals surface area contributed by atoms with Crippen LogP contribution in [0.15, 0.2) is 46.2 Å². The van der Waals surface area contributed by atoms with Crippen LogP contribution in [0.1, 0.15) is 28.6 Å². The number of rotatable bonds is 5. The molecule has 1 unspecified atom stereocenters. The average molecular weight is 440 g/mol. The number of aryl methyl sites for hydroxylation is 1. The first kappa shape index (κ1) is 22.4. The minimum Gasteiger partial charge on any atom is -0.459 e. The number of fused-ring (bicyclic) bond motifs is 1. The van der Waals surface area contributed by atoms with Crippen LogP contribution in [0.4, 0.5) is 0 Å². The molecule has 0 radical (unpaired) electrons. The number of carbonyl (C=O) groups excluding carboxylic acids is 1. The first-order valence-electron chi connectivity index (χ1n) is 8.78. The first-order chi connectivity index (χ1) is 12.7. The molecule has 8 heteroatoms. The molecular formula is C20H23Cl2N3O2S. The van der Waals surface area contributed by atoms with Gasteiger partial charge >= 0.3 is 0 Å². The third-order valence-corrected chi connectivity index (χ3v) is 5.47. The van der Waals surface area contributed by atoms with Gasteiger partial charge in [0.1, 0.15) is 5.76 Å². The summed E-state index contributed by atoms with van der Waals surface area (Å²) in [6, 6.07) is 12.4. The predicted molar refractivity (Wildman–Crippen MR) is 117 cm³/mol. The molecular weight excluding hydrogens is 417 g/mol. The maximum absolute atomic E-state index is 12.3. The fourth-order valence-electron chi connectivity index (χ4n) is 3.27. The molecule has 5 nitrogen and oxygen atoms in total. The molecule has 1 aromatic carbocycles. The van der Waals surface area contributed by atoms with Gasteiger partial charge in [0.15, 0.2) is 10.8 Å². The van der Waals surface area contributed by atoms with E-state index in [0.29, 0.717) is 6.54 Å². The Hall–Kier alpha value is -1.86. The molecule has 0 saturated heterocycles. The summed E-state index contributed by atoms with van der Waals surface area (Å²) in [4.78, 5) is 16.8. The van der Waals surface area contributed by atoms with E-state index in [1.54, 1.807) is 0 Å². The summed E-state index contributed by atoms with van der Waals surface area (Å²) in [7, 11) is 0. The summed E-state index contributed by atoms with van der Waals surface area (Å²) in [5, 5.41) is 9.24. The molecule has 1 aliphatic rings. The first-order valence-corrected chi connectivity index (χ1v) is 9.66. The number of nitrogens with one attached hydrogen (secondary N) is 2. The summed E-state index contributed by atoms with van der Waals surface area (Å²) < 4.78 is 5.59. The molecule has 0 aliphatic carbocycles. The lowest BCUT2D eigenvalue weighted by Gasteiger charge is -2.27. The van der Waals surface area contributed by atoms with E-state index in [-0.39, 0.29) is 43.2 Å². The zero-order valence-corrected chi connectivity index (χ0v) is 17.9. The molecule has 2 N–H and O–H groups in total. The van der Waals surface area contributed by atoms with Crippen molar-refractivity contribution < 1.29 is 9.21 Å². The topological polar surface area (TPSA) is 67.2 Å². The highest BCUT2D eigenvalue weighted by atomic mass is 35.5. The van der Waals surface area contributed by atoms with Gasteiger partial charge in [0.25, 0.3) is 0 Å². The maximum Gasteiger partial charge on any atom is 0.226 e.